The third-order valence-corrected chi connectivity index (χ3v) is 3.20. The van der Waals surface area contributed by atoms with Crippen molar-refractivity contribution in [1.29, 1.82) is 0 Å². The van der Waals surface area contributed by atoms with Crippen molar-refractivity contribution < 1.29 is 4.42 Å². The van der Waals surface area contributed by atoms with Crippen LogP contribution in [-0.4, -0.2) is 0 Å². The van der Waals surface area contributed by atoms with E-state index in [0.29, 0.717) is 5.58 Å². The number of anilines is 1. The van der Waals surface area contributed by atoms with Crippen LogP contribution < -0.4 is 11.4 Å². The fourth-order valence-corrected chi connectivity index (χ4v) is 2.18. The lowest BCUT2D eigenvalue weighted by molar-refractivity contribution is 0.560. The van der Waals surface area contributed by atoms with Gasteiger partial charge in [-0.2, -0.15) is 0 Å². The Morgan fingerprint density at radius 1 is 0.947 bits per heavy atom. The summed E-state index contributed by atoms with van der Waals surface area (Å²) in [5.41, 5.74) is 9.66. The first-order valence-electron chi connectivity index (χ1n) is 6.04. The van der Waals surface area contributed by atoms with E-state index in [-0.39, 0.29) is 5.63 Å². The molecule has 3 nitrogen and oxygen atoms in total. The molecule has 3 heteroatoms. The number of benzene rings is 2. The molecule has 0 amide bonds. The Hall–Kier alpha value is -2.55. The Kier molecular flexibility index (Phi) is 2.60. The zero-order valence-corrected chi connectivity index (χ0v) is 10.5. The van der Waals surface area contributed by atoms with Gasteiger partial charge in [0, 0.05) is 17.1 Å². The van der Waals surface area contributed by atoms with Crippen LogP contribution in [0.5, 0.6) is 0 Å². The fraction of sp³-hybridized carbons (Fsp3) is 0.0625. The van der Waals surface area contributed by atoms with Gasteiger partial charge in [0.15, 0.2) is 0 Å². The summed E-state index contributed by atoms with van der Waals surface area (Å²) in [5.74, 6) is 0. The van der Waals surface area contributed by atoms with E-state index < -0.39 is 0 Å². The number of rotatable bonds is 1. The van der Waals surface area contributed by atoms with E-state index in [4.69, 9.17) is 10.2 Å². The molecule has 0 unspecified atom stereocenters. The molecule has 0 aliphatic heterocycles. The van der Waals surface area contributed by atoms with Gasteiger partial charge in [-0.25, -0.2) is 4.79 Å². The summed E-state index contributed by atoms with van der Waals surface area (Å²) >= 11 is 0. The highest BCUT2D eigenvalue weighted by atomic mass is 16.4. The molecular weight excluding hydrogens is 238 g/mol. The zero-order chi connectivity index (χ0) is 13.4. The predicted octanol–water partition coefficient (Wildman–Crippen LogP) is 3.35. The van der Waals surface area contributed by atoms with Crippen molar-refractivity contribution >= 4 is 16.7 Å². The van der Waals surface area contributed by atoms with E-state index in [9.17, 15) is 4.79 Å². The molecule has 0 saturated carbocycles. The molecule has 2 aromatic carbocycles. The van der Waals surface area contributed by atoms with Gasteiger partial charge in [-0.05, 0) is 41.8 Å². The number of hydrogen-bond acceptors (Lipinski definition) is 3. The Morgan fingerprint density at radius 2 is 1.63 bits per heavy atom. The van der Waals surface area contributed by atoms with Gasteiger partial charge in [0.05, 0.1) is 0 Å². The van der Waals surface area contributed by atoms with Crippen molar-refractivity contribution in [3.63, 3.8) is 0 Å². The molecule has 1 heterocycles. The highest BCUT2D eigenvalue weighted by Crippen LogP contribution is 2.25. The van der Waals surface area contributed by atoms with E-state index in [1.165, 1.54) is 6.07 Å². The fourth-order valence-electron chi connectivity index (χ4n) is 2.18. The van der Waals surface area contributed by atoms with E-state index >= 15 is 0 Å². The Labute approximate surface area is 110 Å². The van der Waals surface area contributed by atoms with Crippen LogP contribution in [0.25, 0.3) is 22.1 Å². The average molecular weight is 251 g/mol. The maximum atomic E-state index is 11.4. The maximum Gasteiger partial charge on any atom is 0.336 e. The van der Waals surface area contributed by atoms with E-state index in [0.717, 1.165) is 27.8 Å². The van der Waals surface area contributed by atoms with Gasteiger partial charge in [0.2, 0.25) is 0 Å². The highest BCUT2D eigenvalue weighted by molar-refractivity contribution is 5.85. The molecule has 0 radical (unpaired) electrons. The first kappa shape index (κ1) is 11.5. The van der Waals surface area contributed by atoms with Crippen LogP contribution in [0.3, 0.4) is 0 Å². The maximum absolute atomic E-state index is 11.4. The molecule has 0 atom stereocenters. The Bertz CT molecular complexity index is 801. The van der Waals surface area contributed by atoms with Crippen molar-refractivity contribution in [3.8, 4) is 11.1 Å². The summed E-state index contributed by atoms with van der Waals surface area (Å²) in [6.07, 6.45) is 0. The lowest BCUT2D eigenvalue weighted by atomic mass is 10.0. The second-order valence-corrected chi connectivity index (χ2v) is 4.58. The summed E-state index contributed by atoms with van der Waals surface area (Å²) < 4.78 is 5.25. The van der Waals surface area contributed by atoms with Crippen molar-refractivity contribution in [2.45, 2.75) is 6.92 Å². The molecule has 0 aliphatic rings. The van der Waals surface area contributed by atoms with Crippen LogP contribution in [0.1, 0.15) is 5.56 Å². The first-order chi connectivity index (χ1) is 9.13. The van der Waals surface area contributed by atoms with E-state index in [2.05, 4.69) is 0 Å². The molecule has 0 aliphatic carbocycles. The third-order valence-electron chi connectivity index (χ3n) is 3.20. The molecule has 0 bridgehead atoms. The normalized spacial score (nSPS) is 10.8. The van der Waals surface area contributed by atoms with Crippen LogP contribution in [0.4, 0.5) is 5.69 Å². The standard InChI is InChI=1S/C16H13NO2/c1-10-8-16(18)19-15-9-12(4-7-14(10)15)11-2-5-13(17)6-3-11/h2-9H,17H2,1H3. The first-order valence-corrected chi connectivity index (χ1v) is 6.04. The number of nitrogens with two attached hydrogens (primary N) is 1. The van der Waals surface area contributed by atoms with Gasteiger partial charge < -0.3 is 10.2 Å². The van der Waals surface area contributed by atoms with Crippen LogP contribution in [0.2, 0.25) is 0 Å². The minimum Gasteiger partial charge on any atom is -0.423 e. The summed E-state index contributed by atoms with van der Waals surface area (Å²) in [7, 11) is 0. The molecule has 0 spiro atoms. The minimum absolute atomic E-state index is 0.320. The van der Waals surface area contributed by atoms with Gasteiger partial charge in [0.25, 0.3) is 0 Å². The van der Waals surface area contributed by atoms with Crippen LogP contribution in [-0.2, 0) is 0 Å². The minimum atomic E-state index is -0.320. The third kappa shape index (κ3) is 2.10. The zero-order valence-electron chi connectivity index (χ0n) is 10.5. The second kappa shape index (κ2) is 4.28. The van der Waals surface area contributed by atoms with Crippen LogP contribution >= 0.6 is 0 Å². The molecular formula is C16H13NO2. The summed E-state index contributed by atoms with van der Waals surface area (Å²) in [6, 6.07) is 15.0. The van der Waals surface area contributed by atoms with Crippen molar-refractivity contribution in [1.82, 2.24) is 0 Å². The number of fused-ring (bicyclic) bond motifs is 1. The molecule has 0 fully saturated rings. The Balaban J connectivity index is 2.21. The summed E-state index contributed by atoms with van der Waals surface area (Å²) in [5, 5.41) is 0.957. The van der Waals surface area contributed by atoms with Gasteiger partial charge in [0.1, 0.15) is 5.58 Å². The van der Waals surface area contributed by atoms with Crippen LogP contribution in [0, 0.1) is 6.92 Å². The molecule has 3 rings (SSSR count). The number of hydrogen-bond donors (Lipinski definition) is 1. The lowest BCUT2D eigenvalue weighted by Crippen LogP contribution is -1.97. The number of nitrogen functional groups attached to an aromatic ring is 1. The van der Waals surface area contributed by atoms with Gasteiger partial charge >= 0.3 is 5.63 Å². The van der Waals surface area contributed by atoms with Crippen molar-refractivity contribution in [2.75, 3.05) is 5.73 Å². The summed E-state index contributed by atoms with van der Waals surface area (Å²) in [4.78, 5) is 11.4. The van der Waals surface area contributed by atoms with Crippen molar-refractivity contribution in [3.05, 3.63) is 64.5 Å². The largest absolute Gasteiger partial charge is 0.423 e. The smallest absolute Gasteiger partial charge is 0.336 e. The Morgan fingerprint density at radius 3 is 2.37 bits per heavy atom. The van der Waals surface area contributed by atoms with E-state index in [1.807, 2.05) is 49.4 Å². The lowest BCUT2D eigenvalue weighted by Gasteiger charge is -2.05. The monoisotopic (exact) mass is 251 g/mol. The second-order valence-electron chi connectivity index (χ2n) is 4.58. The highest BCUT2D eigenvalue weighted by Gasteiger charge is 2.04. The van der Waals surface area contributed by atoms with Crippen LogP contribution in [0.15, 0.2) is 57.7 Å². The molecule has 1 aromatic heterocycles. The SMILES string of the molecule is Cc1cc(=O)oc2cc(-c3ccc(N)cc3)ccc12. The average Bonchev–Trinajstić information content (AvgIpc) is 2.38. The number of aryl methyl sites for hydroxylation is 1. The quantitative estimate of drug-likeness (QED) is 0.533. The predicted molar refractivity (Wildman–Crippen MR) is 77.1 cm³/mol. The molecule has 0 saturated heterocycles. The van der Waals surface area contributed by atoms with Crippen molar-refractivity contribution in [2.24, 2.45) is 0 Å². The van der Waals surface area contributed by atoms with Gasteiger partial charge in [-0.1, -0.05) is 24.3 Å². The molecule has 19 heavy (non-hydrogen) atoms. The molecule has 2 N–H and O–H groups in total. The summed E-state index contributed by atoms with van der Waals surface area (Å²) in [6.45, 7) is 1.90. The molecule has 94 valence electrons. The van der Waals surface area contributed by atoms with Gasteiger partial charge in [-0.15, -0.1) is 0 Å². The molecule has 3 aromatic rings. The topological polar surface area (TPSA) is 56.2 Å². The van der Waals surface area contributed by atoms with E-state index in [1.54, 1.807) is 0 Å². The van der Waals surface area contributed by atoms with Gasteiger partial charge in [-0.3, -0.25) is 0 Å².